The molecule has 8 nitrogen and oxygen atoms in total. The first kappa shape index (κ1) is 23.9. The Labute approximate surface area is 183 Å². The number of nitrogens with zero attached hydrogens (tertiary/aromatic N) is 1. The summed E-state index contributed by atoms with van der Waals surface area (Å²) in [4.78, 5) is 10.6. The zero-order chi connectivity index (χ0) is 22.3. The number of hydrogen-bond acceptors (Lipinski definition) is 6. The maximum atomic E-state index is 10.6. The molecule has 0 aliphatic heterocycles. The van der Waals surface area contributed by atoms with E-state index in [0.717, 1.165) is 30.1 Å². The molecule has 2 rings (SSSR count). The maximum Gasteiger partial charge on any atom is 0.332 e. The van der Waals surface area contributed by atoms with Crippen molar-refractivity contribution in [2.75, 3.05) is 26.9 Å². The summed E-state index contributed by atoms with van der Waals surface area (Å²) in [6.45, 7) is 3.66. The van der Waals surface area contributed by atoms with Crippen LogP contribution in [0, 0.1) is 0 Å². The van der Waals surface area contributed by atoms with Crippen molar-refractivity contribution in [3.05, 3.63) is 48.0 Å². The van der Waals surface area contributed by atoms with Crippen molar-refractivity contribution in [3.8, 4) is 23.0 Å². The molecular formula is C23H31N3O5. The second kappa shape index (κ2) is 13.7. The normalized spacial score (nSPS) is 10.6. The van der Waals surface area contributed by atoms with E-state index in [2.05, 4.69) is 17.5 Å². The van der Waals surface area contributed by atoms with Crippen LogP contribution in [0.25, 0.3) is 0 Å². The predicted molar refractivity (Wildman–Crippen MR) is 120 cm³/mol. The molecule has 0 bridgehead atoms. The van der Waals surface area contributed by atoms with Crippen LogP contribution in [0.3, 0.4) is 0 Å². The average Bonchev–Trinajstić information content (AvgIpc) is 2.77. The van der Waals surface area contributed by atoms with Crippen LogP contribution in [-0.2, 0) is 0 Å². The quantitative estimate of drug-likeness (QED) is 0.267. The van der Waals surface area contributed by atoms with Gasteiger partial charge in [-0.25, -0.2) is 10.2 Å². The molecule has 0 heterocycles. The Morgan fingerprint density at radius 2 is 1.61 bits per heavy atom. The largest absolute Gasteiger partial charge is 0.494 e. The Morgan fingerprint density at radius 3 is 2.26 bits per heavy atom. The molecule has 2 amide bonds. The van der Waals surface area contributed by atoms with Crippen molar-refractivity contribution >= 4 is 12.2 Å². The third-order valence-corrected chi connectivity index (χ3v) is 4.28. The summed E-state index contributed by atoms with van der Waals surface area (Å²) >= 11 is 0. The topological polar surface area (TPSA) is 104 Å². The van der Waals surface area contributed by atoms with Crippen LogP contribution in [0.15, 0.2) is 47.6 Å². The van der Waals surface area contributed by atoms with Crippen LogP contribution in [-0.4, -0.2) is 39.2 Å². The number of nitrogens with one attached hydrogen (secondary N) is 1. The lowest BCUT2D eigenvalue weighted by Crippen LogP contribution is -2.24. The van der Waals surface area contributed by atoms with Gasteiger partial charge in [0.15, 0.2) is 11.5 Å². The molecule has 8 heteroatoms. The number of carbonyl (C=O) groups is 1. The number of urea groups is 1. The second-order valence-corrected chi connectivity index (χ2v) is 6.72. The minimum absolute atomic E-state index is 0.350. The van der Waals surface area contributed by atoms with E-state index in [1.54, 1.807) is 25.3 Å². The predicted octanol–water partition coefficient (Wildman–Crippen LogP) is 4.11. The molecule has 0 unspecified atom stereocenters. The van der Waals surface area contributed by atoms with Gasteiger partial charge < -0.3 is 24.7 Å². The van der Waals surface area contributed by atoms with Gasteiger partial charge in [0, 0.05) is 0 Å². The number of amides is 2. The fourth-order valence-corrected chi connectivity index (χ4v) is 2.72. The van der Waals surface area contributed by atoms with Crippen LogP contribution in [0.2, 0.25) is 0 Å². The molecule has 0 saturated carbocycles. The Kier molecular flexibility index (Phi) is 10.6. The number of nitrogens with two attached hydrogens (primary N) is 1. The van der Waals surface area contributed by atoms with E-state index in [4.69, 9.17) is 24.7 Å². The van der Waals surface area contributed by atoms with E-state index in [1.165, 1.54) is 25.5 Å². The van der Waals surface area contributed by atoms with Gasteiger partial charge in [-0.05, 0) is 54.4 Å². The molecule has 0 saturated heterocycles. The maximum absolute atomic E-state index is 10.6. The van der Waals surface area contributed by atoms with Crippen LogP contribution in [0.1, 0.15) is 38.2 Å². The van der Waals surface area contributed by atoms with E-state index in [1.807, 2.05) is 24.3 Å². The van der Waals surface area contributed by atoms with Crippen molar-refractivity contribution in [2.45, 2.75) is 32.6 Å². The molecule has 0 aliphatic rings. The minimum atomic E-state index is -0.729. The van der Waals surface area contributed by atoms with E-state index in [9.17, 15) is 4.79 Å². The van der Waals surface area contributed by atoms with E-state index in [-0.39, 0.29) is 0 Å². The Bertz CT molecular complexity index is 824. The van der Waals surface area contributed by atoms with E-state index in [0.29, 0.717) is 24.7 Å². The van der Waals surface area contributed by atoms with Gasteiger partial charge in [0.2, 0.25) is 0 Å². The van der Waals surface area contributed by atoms with Gasteiger partial charge in [0.1, 0.15) is 24.7 Å². The molecule has 0 fully saturated rings. The van der Waals surface area contributed by atoms with E-state index >= 15 is 0 Å². The molecule has 2 aromatic rings. The Morgan fingerprint density at radius 1 is 0.935 bits per heavy atom. The fourth-order valence-electron chi connectivity index (χ4n) is 2.72. The SMILES string of the molecule is CCCCCCOc1ccc(OCCOc2ccc(C=NNC(N)=O)cc2OC)cc1. The molecule has 168 valence electrons. The number of hydrogen-bond donors (Lipinski definition) is 2. The highest BCUT2D eigenvalue weighted by Crippen LogP contribution is 2.27. The van der Waals surface area contributed by atoms with Gasteiger partial charge in [0.25, 0.3) is 0 Å². The van der Waals surface area contributed by atoms with Crippen molar-refractivity contribution in [2.24, 2.45) is 10.8 Å². The highest BCUT2D eigenvalue weighted by Gasteiger charge is 2.06. The first-order chi connectivity index (χ1) is 15.1. The number of hydrazone groups is 1. The number of ether oxygens (including phenoxy) is 4. The number of primary amides is 1. The zero-order valence-corrected chi connectivity index (χ0v) is 18.1. The molecule has 0 atom stereocenters. The van der Waals surface area contributed by atoms with Crippen LogP contribution < -0.4 is 30.1 Å². The standard InChI is InChI=1S/C23H31N3O5/c1-3-4-5-6-13-29-19-8-10-20(11-9-19)30-14-15-31-21-12-7-18(16-22(21)28-2)17-25-26-23(24)27/h7-12,16-17H,3-6,13-15H2,1-2H3,(H3,24,26,27). The van der Waals surface area contributed by atoms with Crippen LogP contribution >= 0.6 is 0 Å². The molecule has 0 aliphatic carbocycles. The summed E-state index contributed by atoms with van der Waals surface area (Å²) in [6.07, 6.45) is 6.20. The molecule has 2 aromatic carbocycles. The smallest absolute Gasteiger partial charge is 0.332 e. The third-order valence-electron chi connectivity index (χ3n) is 4.28. The monoisotopic (exact) mass is 429 g/mol. The first-order valence-electron chi connectivity index (χ1n) is 10.4. The lowest BCUT2D eigenvalue weighted by atomic mass is 10.2. The van der Waals surface area contributed by atoms with Gasteiger partial charge in [-0.15, -0.1) is 0 Å². The van der Waals surface area contributed by atoms with Crippen molar-refractivity contribution in [1.82, 2.24) is 5.43 Å². The fraction of sp³-hybridized carbons (Fsp3) is 0.391. The Hall–Kier alpha value is -3.42. The van der Waals surface area contributed by atoms with Gasteiger partial charge in [-0.1, -0.05) is 26.2 Å². The highest BCUT2D eigenvalue weighted by molar-refractivity contribution is 5.82. The molecule has 31 heavy (non-hydrogen) atoms. The lowest BCUT2D eigenvalue weighted by molar-refractivity contribution is 0.211. The summed E-state index contributed by atoms with van der Waals surface area (Å²) in [5, 5.41) is 3.71. The summed E-state index contributed by atoms with van der Waals surface area (Å²) in [5.41, 5.74) is 7.82. The van der Waals surface area contributed by atoms with Crippen LogP contribution in [0.5, 0.6) is 23.0 Å². The summed E-state index contributed by atoms with van der Waals surface area (Å²) in [7, 11) is 1.55. The number of benzene rings is 2. The van der Waals surface area contributed by atoms with Crippen LogP contribution in [0.4, 0.5) is 4.79 Å². The number of unbranched alkanes of at least 4 members (excludes halogenated alkanes) is 3. The first-order valence-corrected chi connectivity index (χ1v) is 10.4. The van der Waals surface area contributed by atoms with Crippen molar-refractivity contribution < 1.29 is 23.7 Å². The van der Waals surface area contributed by atoms with E-state index < -0.39 is 6.03 Å². The number of carbonyl (C=O) groups excluding carboxylic acids is 1. The third kappa shape index (κ3) is 9.29. The summed E-state index contributed by atoms with van der Waals surface area (Å²) in [5.74, 6) is 2.73. The second-order valence-electron chi connectivity index (χ2n) is 6.72. The molecule has 0 aromatic heterocycles. The summed E-state index contributed by atoms with van der Waals surface area (Å²) < 4.78 is 22.5. The number of rotatable bonds is 14. The average molecular weight is 430 g/mol. The molecule has 0 spiro atoms. The minimum Gasteiger partial charge on any atom is -0.494 e. The molecular weight excluding hydrogens is 398 g/mol. The van der Waals surface area contributed by atoms with Crippen molar-refractivity contribution in [3.63, 3.8) is 0 Å². The van der Waals surface area contributed by atoms with Gasteiger partial charge in [0.05, 0.1) is 19.9 Å². The van der Waals surface area contributed by atoms with Crippen molar-refractivity contribution in [1.29, 1.82) is 0 Å². The van der Waals surface area contributed by atoms with Gasteiger partial charge >= 0.3 is 6.03 Å². The molecule has 3 N–H and O–H groups in total. The zero-order valence-electron chi connectivity index (χ0n) is 18.1. The Balaban J connectivity index is 1.74. The molecule has 0 radical (unpaired) electrons. The van der Waals surface area contributed by atoms with Gasteiger partial charge in [-0.2, -0.15) is 5.10 Å². The summed E-state index contributed by atoms with van der Waals surface area (Å²) in [6, 6.07) is 12.1. The van der Waals surface area contributed by atoms with Gasteiger partial charge in [-0.3, -0.25) is 0 Å². The lowest BCUT2D eigenvalue weighted by Gasteiger charge is -2.12. The number of methoxy groups -OCH3 is 1. The highest BCUT2D eigenvalue weighted by atomic mass is 16.5.